The summed E-state index contributed by atoms with van der Waals surface area (Å²) < 4.78 is 14.9. The summed E-state index contributed by atoms with van der Waals surface area (Å²) in [7, 11) is 3.97. The Labute approximate surface area is 129 Å². The van der Waals surface area contributed by atoms with E-state index in [1.54, 1.807) is 12.1 Å². The maximum Gasteiger partial charge on any atom is 0.129 e. The fourth-order valence-electron chi connectivity index (χ4n) is 3.48. The van der Waals surface area contributed by atoms with Gasteiger partial charge < -0.3 is 10.0 Å². The number of hydrogen-bond donors (Lipinski definition) is 1. The molecule has 1 aliphatic carbocycles. The molecule has 1 saturated carbocycles. The summed E-state index contributed by atoms with van der Waals surface area (Å²) in [5.74, 6) is 0.219. The van der Waals surface area contributed by atoms with Gasteiger partial charge in [0.2, 0.25) is 0 Å². The number of likely N-dealkylation sites (N-methyl/N-ethyl adjacent to an activating group) is 1. The van der Waals surface area contributed by atoms with Gasteiger partial charge in [-0.3, -0.25) is 0 Å². The van der Waals surface area contributed by atoms with Crippen molar-refractivity contribution in [1.29, 1.82) is 0 Å². The Morgan fingerprint density at radius 3 is 2.75 bits per heavy atom. The number of nitrogens with zero attached hydrogens (tertiary/aromatic N) is 1. The molecule has 0 bridgehead atoms. The Hall–Kier alpha value is -0.450. The lowest BCUT2D eigenvalue weighted by molar-refractivity contribution is -0.0466. The van der Waals surface area contributed by atoms with E-state index >= 15 is 0 Å². The number of aliphatic hydroxyl groups is 1. The first-order chi connectivity index (χ1) is 9.36. The Balaban J connectivity index is 2.41. The molecule has 1 fully saturated rings. The minimum absolute atomic E-state index is 0.333. The largest absolute Gasteiger partial charge is 0.386 e. The van der Waals surface area contributed by atoms with Crippen LogP contribution in [0.3, 0.4) is 0 Å². The zero-order valence-electron chi connectivity index (χ0n) is 12.4. The van der Waals surface area contributed by atoms with Crippen molar-refractivity contribution in [2.24, 2.45) is 5.92 Å². The topological polar surface area (TPSA) is 23.5 Å². The first kappa shape index (κ1) is 15.9. The molecule has 4 heteroatoms. The lowest BCUT2D eigenvalue weighted by atomic mass is 9.70. The van der Waals surface area contributed by atoms with Crippen molar-refractivity contribution in [2.45, 2.75) is 44.2 Å². The highest BCUT2D eigenvalue weighted by atomic mass is 79.9. The highest BCUT2D eigenvalue weighted by Crippen LogP contribution is 2.44. The molecule has 1 aromatic carbocycles. The second kappa shape index (κ2) is 6.12. The molecule has 0 aromatic heterocycles. The van der Waals surface area contributed by atoms with Gasteiger partial charge in [0.05, 0.1) is 5.54 Å². The summed E-state index contributed by atoms with van der Waals surface area (Å²) in [6.45, 7) is 2.21. The van der Waals surface area contributed by atoms with E-state index in [2.05, 4.69) is 27.8 Å². The van der Waals surface area contributed by atoms with E-state index in [0.717, 1.165) is 23.7 Å². The SMILES string of the molecule is CC1CCCC(C(O)c2cc(Br)ccc2F)(N(C)C)C1. The predicted octanol–water partition coefficient (Wildman–Crippen LogP) is 4.13. The molecule has 0 spiro atoms. The van der Waals surface area contributed by atoms with Crippen molar-refractivity contribution >= 4 is 15.9 Å². The fourth-order valence-corrected chi connectivity index (χ4v) is 3.86. The maximum absolute atomic E-state index is 14.1. The summed E-state index contributed by atoms with van der Waals surface area (Å²) in [4.78, 5) is 2.08. The van der Waals surface area contributed by atoms with Gasteiger partial charge in [-0.15, -0.1) is 0 Å². The number of hydrogen-bond acceptors (Lipinski definition) is 2. The van der Waals surface area contributed by atoms with E-state index in [1.807, 2.05) is 14.1 Å². The lowest BCUT2D eigenvalue weighted by Crippen LogP contribution is -2.52. The smallest absolute Gasteiger partial charge is 0.129 e. The van der Waals surface area contributed by atoms with Gasteiger partial charge in [-0.2, -0.15) is 0 Å². The molecular weight excluding hydrogens is 321 g/mol. The van der Waals surface area contributed by atoms with Crippen LogP contribution in [0.2, 0.25) is 0 Å². The predicted molar refractivity (Wildman–Crippen MR) is 83.1 cm³/mol. The molecule has 2 nitrogen and oxygen atoms in total. The van der Waals surface area contributed by atoms with Crippen molar-refractivity contribution in [2.75, 3.05) is 14.1 Å². The zero-order valence-corrected chi connectivity index (χ0v) is 14.0. The molecule has 0 radical (unpaired) electrons. The molecule has 112 valence electrons. The van der Waals surface area contributed by atoms with E-state index in [0.29, 0.717) is 11.5 Å². The Kier molecular flexibility index (Phi) is 4.88. The monoisotopic (exact) mass is 343 g/mol. The van der Waals surface area contributed by atoms with Crippen LogP contribution in [0.15, 0.2) is 22.7 Å². The van der Waals surface area contributed by atoms with Crippen LogP contribution in [0.1, 0.15) is 44.3 Å². The molecule has 0 amide bonds. The first-order valence-corrected chi connectivity index (χ1v) is 7.96. The highest BCUT2D eigenvalue weighted by molar-refractivity contribution is 9.10. The minimum atomic E-state index is -0.808. The summed E-state index contributed by atoms with van der Waals surface area (Å²) in [6, 6.07) is 4.78. The van der Waals surface area contributed by atoms with Crippen molar-refractivity contribution in [1.82, 2.24) is 4.90 Å². The van der Waals surface area contributed by atoms with Crippen molar-refractivity contribution < 1.29 is 9.50 Å². The Bertz CT molecular complexity index is 480. The van der Waals surface area contributed by atoms with Crippen molar-refractivity contribution in [3.8, 4) is 0 Å². The lowest BCUT2D eigenvalue weighted by Gasteiger charge is -2.48. The molecule has 1 N–H and O–H groups in total. The van der Waals surface area contributed by atoms with Crippen LogP contribution >= 0.6 is 15.9 Å². The quantitative estimate of drug-likeness (QED) is 0.891. The number of rotatable bonds is 3. The third-order valence-electron chi connectivity index (χ3n) is 4.66. The molecule has 1 aromatic rings. The summed E-state index contributed by atoms with van der Waals surface area (Å²) in [6.07, 6.45) is 3.25. The second-order valence-corrected chi connectivity index (χ2v) is 7.18. The van der Waals surface area contributed by atoms with Gasteiger partial charge in [-0.1, -0.05) is 35.7 Å². The Morgan fingerprint density at radius 1 is 1.45 bits per heavy atom. The van der Waals surface area contributed by atoms with E-state index < -0.39 is 6.10 Å². The number of halogens is 2. The zero-order chi connectivity index (χ0) is 14.9. The molecule has 3 unspecified atom stereocenters. The van der Waals surface area contributed by atoms with Gasteiger partial charge in [0, 0.05) is 10.0 Å². The van der Waals surface area contributed by atoms with Gasteiger partial charge >= 0.3 is 0 Å². The van der Waals surface area contributed by atoms with Crippen molar-refractivity contribution in [3.63, 3.8) is 0 Å². The maximum atomic E-state index is 14.1. The summed E-state index contributed by atoms with van der Waals surface area (Å²) in [5, 5.41) is 10.9. The van der Waals surface area contributed by atoms with Crippen LogP contribution in [0.4, 0.5) is 4.39 Å². The van der Waals surface area contributed by atoms with Crippen LogP contribution in [0.25, 0.3) is 0 Å². The van der Waals surface area contributed by atoms with Crippen molar-refractivity contribution in [3.05, 3.63) is 34.1 Å². The van der Waals surface area contributed by atoms with Crippen LogP contribution in [-0.4, -0.2) is 29.6 Å². The average molecular weight is 344 g/mol. The van der Waals surface area contributed by atoms with Gasteiger partial charge in [0.15, 0.2) is 0 Å². The van der Waals surface area contributed by atoms with E-state index in [9.17, 15) is 9.50 Å². The molecule has 0 aliphatic heterocycles. The van der Waals surface area contributed by atoms with Crippen LogP contribution in [-0.2, 0) is 0 Å². The van der Waals surface area contributed by atoms with E-state index in [1.165, 1.54) is 12.5 Å². The van der Waals surface area contributed by atoms with Crippen LogP contribution < -0.4 is 0 Å². The molecule has 0 saturated heterocycles. The van der Waals surface area contributed by atoms with E-state index in [4.69, 9.17) is 0 Å². The summed E-state index contributed by atoms with van der Waals surface area (Å²) in [5.41, 5.74) is 0.0152. The number of benzene rings is 1. The minimum Gasteiger partial charge on any atom is -0.386 e. The molecule has 2 rings (SSSR count). The number of aliphatic hydroxyl groups excluding tert-OH is 1. The average Bonchev–Trinajstić information content (AvgIpc) is 2.40. The second-order valence-electron chi connectivity index (χ2n) is 6.27. The standard InChI is InChI=1S/C16H23BrFNO/c1-11-5-4-8-16(10-11,19(2)3)15(20)13-9-12(17)6-7-14(13)18/h6-7,9,11,15,20H,4-5,8,10H2,1-3H3. The van der Waals surface area contributed by atoms with Crippen LogP contribution in [0.5, 0.6) is 0 Å². The molecule has 3 atom stereocenters. The summed E-state index contributed by atoms with van der Waals surface area (Å²) >= 11 is 3.36. The third-order valence-corrected chi connectivity index (χ3v) is 5.15. The van der Waals surface area contributed by atoms with Gasteiger partial charge in [-0.05, 0) is 51.1 Å². The molecule has 20 heavy (non-hydrogen) atoms. The molecule has 1 aliphatic rings. The van der Waals surface area contributed by atoms with Gasteiger partial charge in [-0.25, -0.2) is 4.39 Å². The first-order valence-electron chi connectivity index (χ1n) is 7.17. The Morgan fingerprint density at radius 2 is 2.15 bits per heavy atom. The highest BCUT2D eigenvalue weighted by Gasteiger charge is 2.44. The third kappa shape index (κ3) is 2.92. The van der Waals surface area contributed by atoms with Gasteiger partial charge in [0.1, 0.15) is 11.9 Å². The van der Waals surface area contributed by atoms with Crippen LogP contribution in [0, 0.1) is 11.7 Å². The van der Waals surface area contributed by atoms with Gasteiger partial charge in [0.25, 0.3) is 0 Å². The molecular formula is C16H23BrFNO. The van der Waals surface area contributed by atoms with E-state index in [-0.39, 0.29) is 11.4 Å². The normalized spacial score (nSPS) is 28.6. The molecule has 0 heterocycles. The fraction of sp³-hybridized carbons (Fsp3) is 0.625.